The molecule has 5 nitrogen and oxygen atoms in total. The average Bonchev–Trinajstić information content (AvgIpc) is 2.31. The molecule has 106 valence electrons. The fourth-order valence-corrected chi connectivity index (χ4v) is 2.09. The quantitative estimate of drug-likeness (QED) is 0.649. The standard InChI is InChI=1S/C13H28N4O/c1-14(2)13(18)12-16(4)6-5-7-17-10-8-15(3)9-11-17/h5-12H2,1-4H3. The van der Waals surface area contributed by atoms with Gasteiger partial charge in [0.2, 0.25) is 5.91 Å². The zero-order valence-corrected chi connectivity index (χ0v) is 12.4. The Balaban J connectivity index is 2.08. The molecule has 0 aliphatic carbocycles. The van der Waals surface area contributed by atoms with Crippen molar-refractivity contribution in [2.24, 2.45) is 0 Å². The highest BCUT2D eigenvalue weighted by atomic mass is 16.2. The number of rotatable bonds is 6. The van der Waals surface area contributed by atoms with E-state index in [1.807, 2.05) is 7.05 Å². The second-order valence-corrected chi connectivity index (χ2v) is 5.52. The molecule has 0 bridgehead atoms. The highest BCUT2D eigenvalue weighted by molar-refractivity contribution is 5.77. The lowest BCUT2D eigenvalue weighted by Crippen LogP contribution is -2.45. The van der Waals surface area contributed by atoms with Crippen LogP contribution >= 0.6 is 0 Å². The molecule has 0 aromatic carbocycles. The lowest BCUT2D eigenvalue weighted by Gasteiger charge is -2.32. The largest absolute Gasteiger partial charge is 0.348 e. The summed E-state index contributed by atoms with van der Waals surface area (Å²) in [6.07, 6.45) is 1.14. The van der Waals surface area contributed by atoms with Gasteiger partial charge in [-0.15, -0.1) is 0 Å². The molecule has 0 spiro atoms. The molecule has 0 aromatic heterocycles. The number of carbonyl (C=O) groups excluding carboxylic acids is 1. The van der Waals surface area contributed by atoms with Crippen molar-refractivity contribution in [3.63, 3.8) is 0 Å². The van der Waals surface area contributed by atoms with Crippen LogP contribution in [-0.4, -0.2) is 99.5 Å². The SMILES string of the molecule is CN1CCN(CCCN(C)CC(=O)N(C)C)CC1. The molecule has 0 radical (unpaired) electrons. The van der Waals surface area contributed by atoms with E-state index in [1.165, 1.54) is 26.2 Å². The van der Waals surface area contributed by atoms with Crippen LogP contribution in [0.15, 0.2) is 0 Å². The lowest BCUT2D eigenvalue weighted by atomic mass is 10.3. The number of nitrogens with zero attached hydrogens (tertiary/aromatic N) is 4. The van der Waals surface area contributed by atoms with Crippen LogP contribution < -0.4 is 0 Å². The number of hydrogen-bond donors (Lipinski definition) is 0. The minimum absolute atomic E-state index is 0.178. The molecule has 18 heavy (non-hydrogen) atoms. The van der Waals surface area contributed by atoms with Crippen molar-refractivity contribution in [3.05, 3.63) is 0 Å². The van der Waals surface area contributed by atoms with Crippen LogP contribution in [0.5, 0.6) is 0 Å². The van der Waals surface area contributed by atoms with Crippen LogP contribution in [0, 0.1) is 0 Å². The zero-order chi connectivity index (χ0) is 13.5. The maximum Gasteiger partial charge on any atom is 0.236 e. The number of amides is 1. The van der Waals surface area contributed by atoms with E-state index in [9.17, 15) is 4.79 Å². The minimum atomic E-state index is 0.178. The highest BCUT2D eigenvalue weighted by Gasteiger charge is 2.13. The van der Waals surface area contributed by atoms with E-state index in [0.717, 1.165) is 19.5 Å². The number of piperazine rings is 1. The molecule has 1 heterocycles. The summed E-state index contributed by atoms with van der Waals surface area (Å²) < 4.78 is 0. The second kappa shape index (κ2) is 7.71. The summed E-state index contributed by atoms with van der Waals surface area (Å²) >= 11 is 0. The summed E-state index contributed by atoms with van der Waals surface area (Å²) in [7, 11) is 7.81. The fraction of sp³-hybridized carbons (Fsp3) is 0.923. The van der Waals surface area contributed by atoms with E-state index in [1.54, 1.807) is 19.0 Å². The van der Waals surface area contributed by atoms with Gasteiger partial charge in [-0.3, -0.25) is 9.69 Å². The Hall–Kier alpha value is -0.650. The third-order valence-corrected chi connectivity index (χ3v) is 3.51. The van der Waals surface area contributed by atoms with E-state index in [4.69, 9.17) is 0 Å². The van der Waals surface area contributed by atoms with E-state index >= 15 is 0 Å². The first kappa shape index (κ1) is 15.4. The Bertz CT molecular complexity index is 249. The predicted molar refractivity (Wildman–Crippen MR) is 74.7 cm³/mol. The summed E-state index contributed by atoms with van der Waals surface area (Å²) in [6, 6.07) is 0. The van der Waals surface area contributed by atoms with Crippen LogP contribution in [0.1, 0.15) is 6.42 Å². The normalized spacial score (nSPS) is 18.3. The van der Waals surface area contributed by atoms with Crippen molar-refractivity contribution in [2.75, 3.05) is 74.0 Å². The molecule has 5 heteroatoms. The van der Waals surface area contributed by atoms with E-state index in [2.05, 4.69) is 21.7 Å². The Kier molecular flexibility index (Phi) is 6.60. The molecule has 1 amide bonds. The first-order chi connectivity index (χ1) is 8.49. The topological polar surface area (TPSA) is 30.0 Å². The van der Waals surface area contributed by atoms with Crippen molar-refractivity contribution >= 4 is 5.91 Å². The zero-order valence-electron chi connectivity index (χ0n) is 12.4. The van der Waals surface area contributed by atoms with Gasteiger partial charge in [0, 0.05) is 40.3 Å². The van der Waals surface area contributed by atoms with Crippen molar-refractivity contribution in [1.82, 2.24) is 19.6 Å². The maximum atomic E-state index is 11.5. The molecular formula is C13H28N4O. The van der Waals surface area contributed by atoms with Gasteiger partial charge in [-0.2, -0.15) is 0 Å². The summed E-state index contributed by atoms with van der Waals surface area (Å²) in [4.78, 5) is 20.2. The Morgan fingerprint density at radius 1 is 1.11 bits per heavy atom. The van der Waals surface area contributed by atoms with Gasteiger partial charge in [-0.25, -0.2) is 0 Å². The first-order valence-electron chi connectivity index (χ1n) is 6.78. The van der Waals surface area contributed by atoms with E-state index < -0.39 is 0 Å². The molecule has 1 saturated heterocycles. The smallest absolute Gasteiger partial charge is 0.236 e. The van der Waals surface area contributed by atoms with Gasteiger partial charge in [-0.05, 0) is 33.6 Å². The molecule has 0 aromatic rings. The highest BCUT2D eigenvalue weighted by Crippen LogP contribution is 2.00. The van der Waals surface area contributed by atoms with Gasteiger partial charge in [-0.1, -0.05) is 0 Å². The summed E-state index contributed by atoms with van der Waals surface area (Å²) in [6.45, 7) is 7.37. The van der Waals surface area contributed by atoms with Gasteiger partial charge < -0.3 is 14.7 Å². The van der Waals surface area contributed by atoms with Gasteiger partial charge in [0.1, 0.15) is 0 Å². The van der Waals surface area contributed by atoms with Crippen molar-refractivity contribution < 1.29 is 4.79 Å². The molecule has 1 fully saturated rings. The van der Waals surface area contributed by atoms with Crippen LogP contribution in [0.3, 0.4) is 0 Å². The Morgan fingerprint density at radius 3 is 2.28 bits per heavy atom. The third kappa shape index (κ3) is 5.80. The first-order valence-corrected chi connectivity index (χ1v) is 6.78. The maximum absolute atomic E-state index is 11.5. The molecular weight excluding hydrogens is 228 g/mol. The van der Waals surface area contributed by atoms with E-state index in [0.29, 0.717) is 6.54 Å². The Morgan fingerprint density at radius 2 is 1.72 bits per heavy atom. The molecule has 0 N–H and O–H groups in total. The number of hydrogen-bond acceptors (Lipinski definition) is 4. The van der Waals surface area contributed by atoms with Crippen LogP contribution in [-0.2, 0) is 4.79 Å². The van der Waals surface area contributed by atoms with E-state index in [-0.39, 0.29) is 5.91 Å². The molecule has 0 unspecified atom stereocenters. The Labute approximate surface area is 111 Å². The third-order valence-electron chi connectivity index (χ3n) is 3.51. The molecule has 0 saturated carbocycles. The molecule has 0 atom stereocenters. The van der Waals surface area contributed by atoms with Gasteiger partial charge in [0.05, 0.1) is 6.54 Å². The summed E-state index contributed by atoms with van der Waals surface area (Å²) in [5, 5.41) is 0. The minimum Gasteiger partial charge on any atom is -0.348 e. The summed E-state index contributed by atoms with van der Waals surface area (Å²) in [5.74, 6) is 0.178. The van der Waals surface area contributed by atoms with Gasteiger partial charge in [0.15, 0.2) is 0 Å². The predicted octanol–water partition coefficient (Wildman–Crippen LogP) is -0.356. The van der Waals surface area contributed by atoms with Gasteiger partial charge >= 0.3 is 0 Å². The molecule has 1 aliphatic rings. The number of carbonyl (C=O) groups is 1. The van der Waals surface area contributed by atoms with Crippen LogP contribution in [0.2, 0.25) is 0 Å². The molecule has 1 aliphatic heterocycles. The number of likely N-dealkylation sites (N-methyl/N-ethyl adjacent to an activating group) is 3. The average molecular weight is 256 g/mol. The van der Waals surface area contributed by atoms with Crippen LogP contribution in [0.4, 0.5) is 0 Å². The van der Waals surface area contributed by atoms with Crippen molar-refractivity contribution in [3.8, 4) is 0 Å². The second-order valence-electron chi connectivity index (χ2n) is 5.52. The monoisotopic (exact) mass is 256 g/mol. The fourth-order valence-electron chi connectivity index (χ4n) is 2.09. The summed E-state index contributed by atoms with van der Waals surface area (Å²) in [5.41, 5.74) is 0. The van der Waals surface area contributed by atoms with Gasteiger partial charge in [0.25, 0.3) is 0 Å². The lowest BCUT2D eigenvalue weighted by molar-refractivity contribution is -0.129. The van der Waals surface area contributed by atoms with Crippen molar-refractivity contribution in [1.29, 1.82) is 0 Å². The molecule has 1 rings (SSSR count). The van der Waals surface area contributed by atoms with Crippen LogP contribution in [0.25, 0.3) is 0 Å². The van der Waals surface area contributed by atoms with Crippen molar-refractivity contribution in [2.45, 2.75) is 6.42 Å².